The fourth-order valence-electron chi connectivity index (χ4n) is 2.98. The molecule has 0 aromatic carbocycles. The second-order valence-electron chi connectivity index (χ2n) is 7.79. The Morgan fingerprint density at radius 1 is 0.947 bits per heavy atom. The van der Waals surface area contributed by atoms with Gasteiger partial charge in [0.05, 0.1) is 18.8 Å². The van der Waals surface area contributed by atoms with Crippen LogP contribution in [0.3, 0.4) is 0 Å². The molecule has 0 spiro atoms. The molecule has 1 fully saturated rings. The topological polar surface area (TPSA) is 58.9 Å². The summed E-state index contributed by atoms with van der Waals surface area (Å²) in [6.45, 7) is 12.8. The van der Waals surface area contributed by atoms with Crippen molar-refractivity contribution < 1.29 is 19.7 Å². The lowest BCUT2D eigenvalue weighted by Gasteiger charge is -2.52. The standard InChI is InChI=1S/C15H30O4/c1-14(2,3)10-12(17)11(16)9(8-18-7)19-13(10)15(4,5)6/h9-13,16-17H,8H2,1-7H3. The molecule has 1 heterocycles. The van der Waals surface area contributed by atoms with E-state index in [1.165, 1.54) is 0 Å². The van der Waals surface area contributed by atoms with Crippen molar-refractivity contribution in [1.29, 1.82) is 0 Å². The van der Waals surface area contributed by atoms with Crippen molar-refractivity contribution in [1.82, 2.24) is 0 Å². The van der Waals surface area contributed by atoms with Gasteiger partial charge in [-0.15, -0.1) is 0 Å². The average Bonchev–Trinajstić information content (AvgIpc) is 2.21. The second kappa shape index (κ2) is 5.68. The first kappa shape index (κ1) is 16.9. The highest BCUT2D eigenvalue weighted by Gasteiger charge is 2.52. The maximum absolute atomic E-state index is 10.5. The highest BCUT2D eigenvalue weighted by atomic mass is 16.6. The lowest BCUT2D eigenvalue weighted by Crippen LogP contribution is -2.62. The highest BCUT2D eigenvalue weighted by molar-refractivity contribution is 5.00. The van der Waals surface area contributed by atoms with Crippen molar-refractivity contribution in [2.45, 2.75) is 66.0 Å². The zero-order chi connectivity index (χ0) is 15.0. The molecule has 0 radical (unpaired) electrons. The second-order valence-corrected chi connectivity index (χ2v) is 7.79. The molecule has 1 rings (SSSR count). The molecule has 0 bridgehead atoms. The molecular weight excluding hydrogens is 244 g/mol. The molecule has 19 heavy (non-hydrogen) atoms. The molecule has 0 amide bonds. The van der Waals surface area contributed by atoms with E-state index in [2.05, 4.69) is 41.5 Å². The summed E-state index contributed by atoms with van der Waals surface area (Å²) in [5.74, 6) is -0.115. The summed E-state index contributed by atoms with van der Waals surface area (Å²) in [5.41, 5.74) is -0.249. The highest BCUT2D eigenvalue weighted by Crippen LogP contribution is 2.44. The molecule has 5 unspecified atom stereocenters. The van der Waals surface area contributed by atoms with Gasteiger partial charge in [0.1, 0.15) is 12.2 Å². The fraction of sp³-hybridized carbons (Fsp3) is 1.00. The van der Waals surface area contributed by atoms with Crippen molar-refractivity contribution in [2.75, 3.05) is 13.7 Å². The van der Waals surface area contributed by atoms with Gasteiger partial charge in [-0.1, -0.05) is 41.5 Å². The van der Waals surface area contributed by atoms with Crippen LogP contribution in [-0.2, 0) is 9.47 Å². The number of methoxy groups -OCH3 is 1. The maximum Gasteiger partial charge on any atom is 0.110 e. The minimum atomic E-state index is -0.900. The molecular formula is C15H30O4. The van der Waals surface area contributed by atoms with Gasteiger partial charge in [-0.25, -0.2) is 0 Å². The molecule has 1 aliphatic heterocycles. The van der Waals surface area contributed by atoms with Gasteiger partial charge in [-0.05, 0) is 10.8 Å². The predicted octanol–water partition coefficient (Wildman–Crippen LogP) is 1.83. The van der Waals surface area contributed by atoms with E-state index >= 15 is 0 Å². The molecule has 4 nitrogen and oxygen atoms in total. The van der Waals surface area contributed by atoms with Crippen molar-refractivity contribution in [3.05, 3.63) is 0 Å². The molecule has 1 saturated heterocycles. The first-order valence-corrected chi connectivity index (χ1v) is 7.00. The van der Waals surface area contributed by atoms with Gasteiger partial charge in [-0.3, -0.25) is 0 Å². The Bertz CT molecular complexity index is 290. The number of rotatable bonds is 2. The van der Waals surface area contributed by atoms with Crippen molar-refractivity contribution in [2.24, 2.45) is 16.7 Å². The van der Waals surface area contributed by atoms with Crippen LogP contribution in [0.4, 0.5) is 0 Å². The zero-order valence-electron chi connectivity index (χ0n) is 13.3. The lowest BCUT2D eigenvalue weighted by molar-refractivity contribution is -0.251. The van der Waals surface area contributed by atoms with Crippen LogP contribution < -0.4 is 0 Å². The van der Waals surface area contributed by atoms with Crippen LogP contribution >= 0.6 is 0 Å². The molecule has 0 aromatic rings. The summed E-state index contributed by atoms with van der Waals surface area (Å²) in [6, 6.07) is 0. The molecule has 0 aliphatic carbocycles. The van der Waals surface area contributed by atoms with E-state index in [0.717, 1.165) is 0 Å². The van der Waals surface area contributed by atoms with Crippen LogP contribution in [0.15, 0.2) is 0 Å². The van der Waals surface area contributed by atoms with Gasteiger partial charge >= 0.3 is 0 Å². The van der Waals surface area contributed by atoms with Crippen LogP contribution in [0, 0.1) is 16.7 Å². The largest absolute Gasteiger partial charge is 0.390 e. The summed E-state index contributed by atoms with van der Waals surface area (Å²) in [5, 5.41) is 20.7. The van der Waals surface area contributed by atoms with Crippen LogP contribution in [-0.4, -0.2) is 48.3 Å². The minimum absolute atomic E-state index is 0.106. The summed E-state index contributed by atoms with van der Waals surface area (Å²) in [4.78, 5) is 0. The molecule has 0 saturated carbocycles. The Balaban J connectivity index is 3.08. The van der Waals surface area contributed by atoms with Gasteiger partial charge in [0.15, 0.2) is 0 Å². The smallest absolute Gasteiger partial charge is 0.110 e. The molecule has 0 aromatic heterocycles. The third-order valence-electron chi connectivity index (χ3n) is 3.93. The fourth-order valence-corrected chi connectivity index (χ4v) is 2.98. The van der Waals surface area contributed by atoms with Gasteiger partial charge in [0.2, 0.25) is 0 Å². The molecule has 114 valence electrons. The van der Waals surface area contributed by atoms with E-state index in [0.29, 0.717) is 6.61 Å². The minimum Gasteiger partial charge on any atom is -0.390 e. The average molecular weight is 274 g/mol. The normalized spacial score (nSPS) is 37.4. The number of aliphatic hydroxyl groups excluding tert-OH is 2. The van der Waals surface area contributed by atoms with E-state index in [1.54, 1.807) is 7.11 Å². The van der Waals surface area contributed by atoms with Gasteiger partial charge in [0.25, 0.3) is 0 Å². The van der Waals surface area contributed by atoms with Crippen LogP contribution in [0.5, 0.6) is 0 Å². The Morgan fingerprint density at radius 3 is 1.84 bits per heavy atom. The van der Waals surface area contributed by atoms with Gasteiger partial charge in [0, 0.05) is 13.0 Å². The van der Waals surface area contributed by atoms with E-state index in [-0.39, 0.29) is 22.9 Å². The Labute approximate surface area is 117 Å². The molecule has 5 atom stereocenters. The Hall–Kier alpha value is -0.160. The molecule has 1 aliphatic rings. The maximum atomic E-state index is 10.5. The predicted molar refractivity (Wildman–Crippen MR) is 75.0 cm³/mol. The van der Waals surface area contributed by atoms with E-state index in [4.69, 9.17) is 9.47 Å². The summed E-state index contributed by atoms with van der Waals surface area (Å²) >= 11 is 0. The third-order valence-corrected chi connectivity index (χ3v) is 3.93. The SMILES string of the molecule is COCC1OC(C(C)(C)C)C(C(C)(C)C)C(O)C1O. The van der Waals surface area contributed by atoms with E-state index < -0.39 is 18.3 Å². The van der Waals surface area contributed by atoms with Crippen molar-refractivity contribution in [3.63, 3.8) is 0 Å². The summed E-state index contributed by atoms with van der Waals surface area (Å²) < 4.78 is 11.2. The Morgan fingerprint density at radius 2 is 1.47 bits per heavy atom. The number of aliphatic hydroxyl groups is 2. The zero-order valence-corrected chi connectivity index (χ0v) is 13.3. The molecule has 4 heteroatoms. The van der Waals surface area contributed by atoms with E-state index in [1.807, 2.05) is 0 Å². The molecule has 2 N–H and O–H groups in total. The summed E-state index contributed by atoms with van der Waals surface area (Å²) in [7, 11) is 1.57. The first-order chi connectivity index (χ1) is 8.50. The number of ether oxygens (including phenoxy) is 2. The monoisotopic (exact) mass is 274 g/mol. The number of hydrogen-bond donors (Lipinski definition) is 2. The van der Waals surface area contributed by atoms with Crippen LogP contribution in [0.2, 0.25) is 0 Å². The number of hydrogen-bond acceptors (Lipinski definition) is 4. The van der Waals surface area contributed by atoms with Crippen LogP contribution in [0.25, 0.3) is 0 Å². The van der Waals surface area contributed by atoms with Crippen molar-refractivity contribution in [3.8, 4) is 0 Å². The Kier molecular flexibility index (Phi) is 5.05. The third kappa shape index (κ3) is 3.69. The van der Waals surface area contributed by atoms with E-state index in [9.17, 15) is 10.2 Å². The van der Waals surface area contributed by atoms with Gasteiger partial charge in [-0.2, -0.15) is 0 Å². The van der Waals surface area contributed by atoms with Crippen molar-refractivity contribution >= 4 is 0 Å². The summed E-state index contributed by atoms with van der Waals surface area (Å²) in [6.07, 6.45) is -2.28. The van der Waals surface area contributed by atoms with Gasteiger partial charge < -0.3 is 19.7 Å². The first-order valence-electron chi connectivity index (χ1n) is 7.00. The quantitative estimate of drug-likeness (QED) is 0.806. The van der Waals surface area contributed by atoms with Crippen LogP contribution in [0.1, 0.15) is 41.5 Å². The lowest BCUT2D eigenvalue weighted by atomic mass is 9.64.